The van der Waals surface area contributed by atoms with Crippen LogP contribution in [-0.4, -0.2) is 21.9 Å². The zero-order valence-corrected chi connectivity index (χ0v) is 8.97. The minimum absolute atomic E-state index is 0.154. The molecule has 0 aromatic carbocycles. The first-order chi connectivity index (χ1) is 7.15. The maximum absolute atomic E-state index is 11.6. The second-order valence-corrected chi connectivity index (χ2v) is 3.49. The molecule has 15 heavy (non-hydrogen) atoms. The van der Waals surface area contributed by atoms with Crippen LogP contribution in [0.2, 0.25) is 0 Å². The van der Waals surface area contributed by atoms with Crippen molar-refractivity contribution in [1.82, 2.24) is 9.97 Å². The van der Waals surface area contributed by atoms with Crippen LogP contribution in [0.5, 0.6) is 0 Å². The molecular weight excluding hydrogens is 192 g/mol. The average molecular weight is 208 g/mol. The maximum Gasteiger partial charge on any atom is 0.242 e. The molecule has 1 amide bonds. The van der Waals surface area contributed by atoms with Gasteiger partial charge in [0.1, 0.15) is 0 Å². The number of hydrogen-bond acceptors (Lipinski definition) is 4. The third-order valence-electron chi connectivity index (χ3n) is 2.37. The van der Waals surface area contributed by atoms with E-state index in [-0.39, 0.29) is 11.8 Å². The van der Waals surface area contributed by atoms with E-state index in [9.17, 15) is 4.79 Å². The number of hydrogen-bond donors (Lipinski definition) is 2. The van der Waals surface area contributed by atoms with Gasteiger partial charge in [0.2, 0.25) is 5.91 Å². The Balaban J connectivity index is 2.56. The van der Waals surface area contributed by atoms with Crippen molar-refractivity contribution < 1.29 is 4.79 Å². The molecule has 0 radical (unpaired) electrons. The van der Waals surface area contributed by atoms with Crippen molar-refractivity contribution >= 4 is 11.7 Å². The molecule has 0 spiro atoms. The van der Waals surface area contributed by atoms with Gasteiger partial charge in [0, 0.05) is 12.4 Å². The molecule has 3 N–H and O–H groups in total. The lowest BCUT2D eigenvalue weighted by Gasteiger charge is -2.16. The third-order valence-corrected chi connectivity index (χ3v) is 2.37. The van der Waals surface area contributed by atoms with E-state index < -0.39 is 6.04 Å². The van der Waals surface area contributed by atoms with Crippen molar-refractivity contribution in [3.8, 4) is 0 Å². The van der Waals surface area contributed by atoms with Gasteiger partial charge >= 0.3 is 0 Å². The fourth-order valence-electron chi connectivity index (χ4n) is 1.09. The Morgan fingerprint density at radius 1 is 1.60 bits per heavy atom. The van der Waals surface area contributed by atoms with Gasteiger partial charge in [0.15, 0.2) is 5.82 Å². The lowest BCUT2D eigenvalue weighted by molar-refractivity contribution is -0.118. The average Bonchev–Trinajstić information content (AvgIpc) is 2.28. The smallest absolute Gasteiger partial charge is 0.242 e. The molecule has 0 aliphatic rings. The minimum atomic E-state index is -0.503. The molecule has 0 aliphatic heterocycles. The standard InChI is InChI=1S/C10H16N4O/c1-3-7(2)9(11)10(15)14-8-6-12-4-5-13-8/h4-7,9H,3,11H2,1-2H3,(H,13,14,15). The van der Waals surface area contributed by atoms with E-state index in [2.05, 4.69) is 15.3 Å². The summed E-state index contributed by atoms with van der Waals surface area (Å²) in [5.41, 5.74) is 5.76. The van der Waals surface area contributed by atoms with Crippen molar-refractivity contribution in [3.05, 3.63) is 18.6 Å². The summed E-state index contributed by atoms with van der Waals surface area (Å²) < 4.78 is 0. The summed E-state index contributed by atoms with van der Waals surface area (Å²) in [5, 5.41) is 2.62. The summed E-state index contributed by atoms with van der Waals surface area (Å²) in [4.78, 5) is 19.4. The van der Waals surface area contributed by atoms with Gasteiger partial charge in [-0.15, -0.1) is 0 Å². The fourth-order valence-corrected chi connectivity index (χ4v) is 1.09. The molecule has 0 saturated heterocycles. The number of rotatable bonds is 4. The van der Waals surface area contributed by atoms with E-state index in [0.717, 1.165) is 6.42 Å². The van der Waals surface area contributed by atoms with Crippen LogP contribution in [0, 0.1) is 5.92 Å². The minimum Gasteiger partial charge on any atom is -0.320 e. The first-order valence-electron chi connectivity index (χ1n) is 4.97. The van der Waals surface area contributed by atoms with Gasteiger partial charge in [-0.05, 0) is 5.92 Å². The Bertz CT molecular complexity index is 314. The fraction of sp³-hybridized carbons (Fsp3) is 0.500. The van der Waals surface area contributed by atoms with Gasteiger partial charge in [0.25, 0.3) is 0 Å². The molecule has 1 heterocycles. The number of carbonyl (C=O) groups excluding carboxylic acids is 1. The molecule has 0 fully saturated rings. The normalized spacial score (nSPS) is 14.3. The van der Waals surface area contributed by atoms with E-state index in [1.165, 1.54) is 12.4 Å². The van der Waals surface area contributed by atoms with Crippen LogP contribution in [0.1, 0.15) is 20.3 Å². The highest BCUT2D eigenvalue weighted by atomic mass is 16.2. The molecule has 1 aromatic heterocycles. The summed E-state index contributed by atoms with van der Waals surface area (Å²) in [7, 11) is 0. The summed E-state index contributed by atoms with van der Waals surface area (Å²) >= 11 is 0. The predicted molar refractivity (Wildman–Crippen MR) is 58.1 cm³/mol. The molecule has 82 valence electrons. The van der Waals surface area contributed by atoms with Gasteiger partial charge < -0.3 is 11.1 Å². The maximum atomic E-state index is 11.6. The number of aromatic nitrogens is 2. The highest BCUT2D eigenvalue weighted by Gasteiger charge is 2.19. The predicted octanol–water partition coefficient (Wildman–Crippen LogP) is 0.788. The summed E-state index contributed by atoms with van der Waals surface area (Å²) in [6.45, 7) is 3.95. The SMILES string of the molecule is CCC(C)C(N)C(=O)Nc1cnccn1. The third kappa shape index (κ3) is 3.28. The number of nitrogens with zero attached hydrogens (tertiary/aromatic N) is 2. The molecule has 0 aliphatic carbocycles. The summed E-state index contributed by atoms with van der Waals surface area (Å²) in [5.74, 6) is 0.368. The Morgan fingerprint density at radius 2 is 2.33 bits per heavy atom. The van der Waals surface area contributed by atoms with Crippen molar-refractivity contribution in [2.24, 2.45) is 11.7 Å². The van der Waals surface area contributed by atoms with Gasteiger partial charge in [0.05, 0.1) is 12.2 Å². The monoisotopic (exact) mass is 208 g/mol. The van der Waals surface area contributed by atoms with Crippen molar-refractivity contribution in [2.45, 2.75) is 26.3 Å². The van der Waals surface area contributed by atoms with Crippen LogP contribution < -0.4 is 11.1 Å². The molecule has 2 unspecified atom stereocenters. The van der Waals surface area contributed by atoms with E-state index in [4.69, 9.17) is 5.73 Å². The second-order valence-electron chi connectivity index (χ2n) is 3.49. The zero-order valence-electron chi connectivity index (χ0n) is 8.97. The van der Waals surface area contributed by atoms with Crippen LogP contribution >= 0.6 is 0 Å². The molecule has 0 saturated carbocycles. The van der Waals surface area contributed by atoms with Gasteiger partial charge in [-0.25, -0.2) is 4.98 Å². The lowest BCUT2D eigenvalue weighted by Crippen LogP contribution is -2.40. The Morgan fingerprint density at radius 3 is 2.87 bits per heavy atom. The molecule has 1 rings (SSSR count). The Labute approximate surface area is 89.1 Å². The van der Waals surface area contributed by atoms with E-state index in [1.54, 1.807) is 6.20 Å². The highest BCUT2D eigenvalue weighted by Crippen LogP contribution is 2.07. The van der Waals surface area contributed by atoms with Crippen molar-refractivity contribution in [1.29, 1.82) is 0 Å². The van der Waals surface area contributed by atoms with E-state index in [1.807, 2.05) is 13.8 Å². The van der Waals surface area contributed by atoms with Crippen LogP contribution in [0.4, 0.5) is 5.82 Å². The van der Waals surface area contributed by atoms with E-state index in [0.29, 0.717) is 5.82 Å². The quantitative estimate of drug-likeness (QED) is 0.766. The lowest BCUT2D eigenvalue weighted by atomic mass is 9.99. The van der Waals surface area contributed by atoms with Crippen LogP contribution in [0.3, 0.4) is 0 Å². The largest absolute Gasteiger partial charge is 0.320 e. The molecule has 2 atom stereocenters. The van der Waals surface area contributed by atoms with Crippen LogP contribution in [0.25, 0.3) is 0 Å². The number of anilines is 1. The molecule has 1 aromatic rings. The highest BCUT2D eigenvalue weighted by molar-refractivity contribution is 5.93. The molecular formula is C10H16N4O. The number of amides is 1. The van der Waals surface area contributed by atoms with Crippen LogP contribution in [0.15, 0.2) is 18.6 Å². The first kappa shape index (κ1) is 11.6. The molecule has 0 bridgehead atoms. The number of nitrogens with two attached hydrogens (primary N) is 1. The van der Waals surface area contributed by atoms with Crippen LogP contribution in [-0.2, 0) is 4.79 Å². The number of carbonyl (C=O) groups is 1. The van der Waals surface area contributed by atoms with Gasteiger partial charge in [-0.3, -0.25) is 9.78 Å². The van der Waals surface area contributed by atoms with Crippen molar-refractivity contribution in [3.63, 3.8) is 0 Å². The summed E-state index contributed by atoms with van der Waals surface area (Å²) in [6, 6.07) is -0.503. The zero-order chi connectivity index (χ0) is 11.3. The molecule has 5 nitrogen and oxygen atoms in total. The molecule has 5 heteroatoms. The Hall–Kier alpha value is -1.49. The first-order valence-corrected chi connectivity index (χ1v) is 4.97. The Kier molecular flexibility index (Phi) is 4.17. The van der Waals surface area contributed by atoms with Gasteiger partial charge in [-0.2, -0.15) is 0 Å². The topological polar surface area (TPSA) is 80.9 Å². The van der Waals surface area contributed by atoms with Crippen molar-refractivity contribution in [2.75, 3.05) is 5.32 Å². The number of nitrogens with one attached hydrogen (secondary N) is 1. The van der Waals surface area contributed by atoms with E-state index >= 15 is 0 Å². The second kappa shape index (κ2) is 5.41. The summed E-state index contributed by atoms with van der Waals surface area (Å²) in [6.07, 6.45) is 5.42. The van der Waals surface area contributed by atoms with Gasteiger partial charge in [-0.1, -0.05) is 20.3 Å².